The van der Waals surface area contributed by atoms with Gasteiger partial charge in [0.2, 0.25) is 0 Å². The average molecular weight is 188 g/mol. The quantitative estimate of drug-likeness (QED) is 0.665. The highest BCUT2D eigenvalue weighted by Gasteiger charge is 1.99. The molecule has 0 aliphatic carbocycles. The molecule has 0 aliphatic rings. The Morgan fingerprint density at radius 3 is 2.00 bits per heavy atom. The zero-order valence-corrected chi connectivity index (χ0v) is 8.91. The van der Waals surface area contributed by atoms with Crippen molar-refractivity contribution in [2.45, 2.75) is 20.8 Å². The van der Waals surface area contributed by atoms with Gasteiger partial charge >= 0.3 is 0 Å². The molecule has 0 aliphatic heterocycles. The molecule has 1 nitrogen and oxygen atoms in total. The maximum absolute atomic E-state index is 9.50. The summed E-state index contributed by atoms with van der Waals surface area (Å²) < 4.78 is 0. The normalized spacial score (nSPS) is 9.36. The largest absolute Gasteiger partial charge is 0.507 e. The first-order chi connectivity index (χ1) is 6.79. The first kappa shape index (κ1) is 10.6. The highest BCUT2D eigenvalue weighted by Crippen LogP contribution is 2.26. The standard InChI is InChI=1S/C11H10O.C2H6/c1-8-6-7-11(12)10-5-3-2-4-9(8)10;1-2/h2-7,12H,1H3;1-2H3. The van der Waals surface area contributed by atoms with E-state index in [1.165, 1.54) is 5.56 Å². The van der Waals surface area contributed by atoms with Gasteiger partial charge in [0.05, 0.1) is 0 Å². The van der Waals surface area contributed by atoms with Crippen LogP contribution < -0.4 is 0 Å². The van der Waals surface area contributed by atoms with Crippen LogP contribution >= 0.6 is 0 Å². The zero-order valence-electron chi connectivity index (χ0n) is 8.91. The van der Waals surface area contributed by atoms with E-state index in [-0.39, 0.29) is 0 Å². The summed E-state index contributed by atoms with van der Waals surface area (Å²) in [6.07, 6.45) is 0. The van der Waals surface area contributed by atoms with Gasteiger partial charge in [-0.1, -0.05) is 44.2 Å². The second kappa shape index (κ2) is 4.66. The molecule has 0 fully saturated rings. The number of hydrogen-bond acceptors (Lipinski definition) is 1. The molecule has 1 N–H and O–H groups in total. The van der Waals surface area contributed by atoms with E-state index in [9.17, 15) is 5.11 Å². The number of phenolic OH excluding ortho intramolecular Hbond substituents is 1. The Morgan fingerprint density at radius 2 is 1.43 bits per heavy atom. The van der Waals surface area contributed by atoms with Crippen molar-refractivity contribution in [2.24, 2.45) is 0 Å². The van der Waals surface area contributed by atoms with Gasteiger partial charge < -0.3 is 5.11 Å². The predicted molar refractivity (Wildman–Crippen MR) is 61.7 cm³/mol. The molecule has 0 spiro atoms. The lowest BCUT2D eigenvalue weighted by Gasteiger charge is -2.02. The summed E-state index contributed by atoms with van der Waals surface area (Å²) in [6, 6.07) is 11.5. The minimum atomic E-state index is 0.358. The highest BCUT2D eigenvalue weighted by atomic mass is 16.3. The first-order valence-electron chi connectivity index (χ1n) is 4.96. The SMILES string of the molecule is CC.Cc1ccc(O)c2ccccc12. The molecule has 0 unspecified atom stereocenters. The molecule has 2 aromatic rings. The highest BCUT2D eigenvalue weighted by molar-refractivity contribution is 5.90. The molecule has 0 saturated heterocycles. The molecule has 0 aromatic heterocycles. The summed E-state index contributed by atoms with van der Waals surface area (Å²) in [5.41, 5.74) is 1.20. The third-order valence-electron chi connectivity index (χ3n) is 2.12. The summed E-state index contributed by atoms with van der Waals surface area (Å²) >= 11 is 0. The summed E-state index contributed by atoms with van der Waals surface area (Å²) in [7, 11) is 0. The van der Waals surface area contributed by atoms with Gasteiger partial charge in [0, 0.05) is 5.39 Å². The molecule has 0 heterocycles. The lowest BCUT2D eigenvalue weighted by atomic mass is 10.1. The summed E-state index contributed by atoms with van der Waals surface area (Å²) in [6.45, 7) is 6.04. The minimum Gasteiger partial charge on any atom is -0.507 e. The summed E-state index contributed by atoms with van der Waals surface area (Å²) in [5, 5.41) is 11.5. The van der Waals surface area contributed by atoms with Crippen molar-refractivity contribution in [3.05, 3.63) is 42.0 Å². The molecule has 0 bridgehead atoms. The van der Waals surface area contributed by atoms with Gasteiger partial charge in [0.1, 0.15) is 5.75 Å². The summed E-state index contributed by atoms with van der Waals surface area (Å²) in [4.78, 5) is 0. The van der Waals surface area contributed by atoms with Crippen LogP contribution in [-0.4, -0.2) is 5.11 Å². The van der Waals surface area contributed by atoms with Crippen molar-refractivity contribution in [1.29, 1.82) is 0 Å². The fraction of sp³-hybridized carbons (Fsp3) is 0.231. The predicted octanol–water partition coefficient (Wildman–Crippen LogP) is 3.88. The molecule has 1 heteroatoms. The average Bonchev–Trinajstić information content (AvgIpc) is 2.27. The molecule has 0 radical (unpaired) electrons. The van der Waals surface area contributed by atoms with Crippen LogP contribution in [0.5, 0.6) is 5.75 Å². The minimum absolute atomic E-state index is 0.358. The Labute approximate surface area is 85.0 Å². The van der Waals surface area contributed by atoms with Crippen molar-refractivity contribution < 1.29 is 5.11 Å². The lowest BCUT2D eigenvalue weighted by Crippen LogP contribution is -1.77. The third kappa shape index (κ3) is 1.87. The van der Waals surface area contributed by atoms with Crippen LogP contribution in [0.25, 0.3) is 10.8 Å². The van der Waals surface area contributed by atoms with Crippen LogP contribution in [0, 0.1) is 6.92 Å². The number of aryl methyl sites for hydroxylation is 1. The van der Waals surface area contributed by atoms with E-state index in [4.69, 9.17) is 0 Å². The smallest absolute Gasteiger partial charge is 0.123 e. The lowest BCUT2D eigenvalue weighted by molar-refractivity contribution is 0.481. The zero-order chi connectivity index (χ0) is 10.6. The molecule has 14 heavy (non-hydrogen) atoms. The number of phenols is 1. The number of aromatic hydroxyl groups is 1. The molecule has 0 amide bonds. The van der Waals surface area contributed by atoms with E-state index >= 15 is 0 Å². The number of benzene rings is 2. The monoisotopic (exact) mass is 188 g/mol. The van der Waals surface area contributed by atoms with Crippen LogP contribution in [-0.2, 0) is 0 Å². The van der Waals surface area contributed by atoms with Gasteiger partial charge in [-0.25, -0.2) is 0 Å². The van der Waals surface area contributed by atoms with Crippen molar-refractivity contribution in [3.8, 4) is 5.75 Å². The summed E-state index contributed by atoms with van der Waals surface area (Å²) in [5.74, 6) is 0.358. The third-order valence-corrected chi connectivity index (χ3v) is 2.12. The van der Waals surface area contributed by atoms with E-state index in [0.717, 1.165) is 10.8 Å². The first-order valence-corrected chi connectivity index (χ1v) is 4.96. The number of hydrogen-bond donors (Lipinski definition) is 1. The molecular weight excluding hydrogens is 172 g/mol. The van der Waals surface area contributed by atoms with Crippen LogP contribution in [0.1, 0.15) is 19.4 Å². The van der Waals surface area contributed by atoms with Gasteiger partial charge in [-0.05, 0) is 23.9 Å². The Kier molecular flexibility index (Phi) is 3.52. The fourth-order valence-corrected chi connectivity index (χ4v) is 1.43. The van der Waals surface area contributed by atoms with Gasteiger partial charge in [0.15, 0.2) is 0 Å². The van der Waals surface area contributed by atoms with E-state index in [1.807, 2.05) is 51.1 Å². The van der Waals surface area contributed by atoms with Gasteiger partial charge in [-0.3, -0.25) is 0 Å². The van der Waals surface area contributed by atoms with E-state index in [2.05, 4.69) is 0 Å². The number of fused-ring (bicyclic) bond motifs is 1. The van der Waals surface area contributed by atoms with Crippen LogP contribution in [0.4, 0.5) is 0 Å². The molecule has 2 rings (SSSR count). The molecular formula is C13H16O. The second-order valence-electron chi connectivity index (χ2n) is 2.95. The van der Waals surface area contributed by atoms with Crippen LogP contribution in [0.3, 0.4) is 0 Å². The molecule has 0 saturated carbocycles. The molecule has 2 aromatic carbocycles. The maximum atomic E-state index is 9.50. The van der Waals surface area contributed by atoms with E-state index < -0.39 is 0 Å². The van der Waals surface area contributed by atoms with Gasteiger partial charge in [-0.15, -0.1) is 0 Å². The maximum Gasteiger partial charge on any atom is 0.123 e. The Hall–Kier alpha value is -1.50. The van der Waals surface area contributed by atoms with Crippen LogP contribution in [0.15, 0.2) is 36.4 Å². The Balaban J connectivity index is 0.000000461. The van der Waals surface area contributed by atoms with Crippen LogP contribution in [0.2, 0.25) is 0 Å². The number of rotatable bonds is 0. The topological polar surface area (TPSA) is 20.2 Å². The van der Waals surface area contributed by atoms with Crippen molar-refractivity contribution in [2.75, 3.05) is 0 Å². The van der Waals surface area contributed by atoms with Crippen molar-refractivity contribution >= 4 is 10.8 Å². The van der Waals surface area contributed by atoms with Crippen molar-refractivity contribution in [3.63, 3.8) is 0 Å². The second-order valence-corrected chi connectivity index (χ2v) is 2.95. The van der Waals surface area contributed by atoms with E-state index in [0.29, 0.717) is 5.75 Å². The molecule has 74 valence electrons. The van der Waals surface area contributed by atoms with Gasteiger partial charge in [0.25, 0.3) is 0 Å². The van der Waals surface area contributed by atoms with Crippen molar-refractivity contribution in [1.82, 2.24) is 0 Å². The van der Waals surface area contributed by atoms with E-state index in [1.54, 1.807) is 6.07 Å². The fourth-order valence-electron chi connectivity index (χ4n) is 1.43. The Bertz CT molecular complexity index is 378. The molecule has 0 atom stereocenters. The Morgan fingerprint density at radius 1 is 0.857 bits per heavy atom. The van der Waals surface area contributed by atoms with Gasteiger partial charge in [-0.2, -0.15) is 0 Å².